The molecule has 0 saturated heterocycles. The molecule has 19 heavy (non-hydrogen) atoms. The van der Waals surface area contributed by atoms with Gasteiger partial charge in [-0.3, -0.25) is 15.1 Å². The zero-order chi connectivity index (χ0) is 13.8. The number of rotatable bonds is 3. The van der Waals surface area contributed by atoms with Gasteiger partial charge < -0.3 is 0 Å². The van der Waals surface area contributed by atoms with Gasteiger partial charge in [0.05, 0.1) is 10.6 Å². The third-order valence-electron chi connectivity index (χ3n) is 2.83. The number of non-ortho nitro benzene ring substituents is 1. The number of aryl methyl sites for hydroxylation is 2. The van der Waals surface area contributed by atoms with Crippen molar-refractivity contribution in [2.24, 2.45) is 4.99 Å². The molecule has 0 N–H and O–H groups in total. The molecule has 0 bridgehead atoms. The Labute approximate surface area is 111 Å². The van der Waals surface area contributed by atoms with Crippen LogP contribution in [0.3, 0.4) is 0 Å². The lowest BCUT2D eigenvalue weighted by molar-refractivity contribution is -0.384. The summed E-state index contributed by atoms with van der Waals surface area (Å²) < 4.78 is 0. The van der Waals surface area contributed by atoms with Crippen LogP contribution in [0.2, 0.25) is 0 Å². The second-order valence-corrected chi connectivity index (χ2v) is 4.40. The number of benzene rings is 2. The van der Waals surface area contributed by atoms with Crippen LogP contribution in [0.5, 0.6) is 0 Å². The summed E-state index contributed by atoms with van der Waals surface area (Å²) in [6.45, 7) is 3.90. The highest BCUT2D eigenvalue weighted by atomic mass is 16.6. The van der Waals surface area contributed by atoms with E-state index in [9.17, 15) is 10.1 Å². The van der Waals surface area contributed by atoms with E-state index in [-0.39, 0.29) is 5.69 Å². The van der Waals surface area contributed by atoms with Crippen molar-refractivity contribution in [1.29, 1.82) is 0 Å². The average molecular weight is 254 g/mol. The Kier molecular flexibility index (Phi) is 3.71. The number of aliphatic imine (C=N–C) groups is 1. The first-order valence-electron chi connectivity index (χ1n) is 5.92. The van der Waals surface area contributed by atoms with Crippen LogP contribution in [0.15, 0.2) is 47.5 Å². The Morgan fingerprint density at radius 1 is 1.11 bits per heavy atom. The number of nitro groups is 1. The van der Waals surface area contributed by atoms with Gasteiger partial charge in [0.25, 0.3) is 5.69 Å². The van der Waals surface area contributed by atoms with Gasteiger partial charge >= 0.3 is 0 Å². The van der Waals surface area contributed by atoms with Gasteiger partial charge in [0.2, 0.25) is 0 Å². The third-order valence-corrected chi connectivity index (χ3v) is 2.83. The van der Waals surface area contributed by atoms with E-state index < -0.39 is 4.92 Å². The van der Waals surface area contributed by atoms with Gasteiger partial charge in [-0.25, -0.2) is 0 Å². The lowest BCUT2D eigenvalue weighted by atomic mass is 10.1. The van der Waals surface area contributed by atoms with Gasteiger partial charge in [0.15, 0.2) is 0 Å². The minimum Gasteiger partial charge on any atom is -0.258 e. The van der Waals surface area contributed by atoms with Crippen LogP contribution in [0.4, 0.5) is 11.4 Å². The summed E-state index contributed by atoms with van der Waals surface area (Å²) in [6.07, 6.45) is 1.71. The first kappa shape index (κ1) is 13.0. The van der Waals surface area contributed by atoms with Crippen molar-refractivity contribution in [3.63, 3.8) is 0 Å². The van der Waals surface area contributed by atoms with E-state index in [0.717, 1.165) is 11.1 Å². The second-order valence-electron chi connectivity index (χ2n) is 4.40. The molecule has 4 nitrogen and oxygen atoms in total. The summed E-state index contributed by atoms with van der Waals surface area (Å²) in [6, 6.07) is 12.6. The van der Waals surface area contributed by atoms with Crippen LogP contribution in [0, 0.1) is 24.0 Å². The van der Waals surface area contributed by atoms with Crippen LogP contribution in [-0.2, 0) is 0 Å². The summed E-state index contributed by atoms with van der Waals surface area (Å²) in [7, 11) is 0. The molecule has 0 atom stereocenters. The second kappa shape index (κ2) is 5.44. The minimum absolute atomic E-state index is 0.0571. The predicted octanol–water partition coefficient (Wildman–Crippen LogP) is 3.96. The van der Waals surface area contributed by atoms with Crippen molar-refractivity contribution in [3.05, 3.63) is 69.3 Å². The monoisotopic (exact) mass is 254 g/mol. The number of hydrogen-bond acceptors (Lipinski definition) is 3. The van der Waals surface area contributed by atoms with E-state index in [1.807, 2.05) is 38.1 Å². The van der Waals surface area contributed by atoms with E-state index in [2.05, 4.69) is 4.99 Å². The van der Waals surface area contributed by atoms with Gasteiger partial charge in [-0.05, 0) is 25.0 Å². The lowest BCUT2D eigenvalue weighted by Crippen LogP contribution is -1.88. The SMILES string of the molecule is Cc1ccc(C=Nc2cc([N+](=O)[O-])ccc2C)cc1. The van der Waals surface area contributed by atoms with Gasteiger partial charge in [-0.2, -0.15) is 0 Å². The van der Waals surface area contributed by atoms with Crippen molar-refractivity contribution >= 4 is 17.6 Å². The zero-order valence-corrected chi connectivity index (χ0v) is 10.8. The maximum atomic E-state index is 10.7. The van der Waals surface area contributed by atoms with Crippen molar-refractivity contribution < 1.29 is 4.92 Å². The quantitative estimate of drug-likeness (QED) is 0.473. The van der Waals surface area contributed by atoms with Crippen LogP contribution in [0.1, 0.15) is 16.7 Å². The predicted molar refractivity (Wildman–Crippen MR) is 76.3 cm³/mol. The third kappa shape index (κ3) is 3.25. The van der Waals surface area contributed by atoms with Gasteiger partial charge in [-0.15, -0.1) is 0 Å². The Morgan fingerprint density at radius 3 is 2.42 bits per heavy atom. The molecule has 0 radical (unpaired) electrons. The first-order chi connectivity index (χ1) is 9.06. The molecular formula is C15H14N2O2. The van der Waals surface area contributed by atoms with Crippen LogP contribution >= 0.6 is 0 Å². The molecular weight excluding hydrogens is 240 g/mol. The maximum Gasteiger partial charge on any atom is 0.271 e. The highest BCUT2D eigenvalue weighted by molar-refractivity contribution is 5.82. The summed E-state index contributed by atoms with van der Waals surface area (Å²) in [4.78, 5) is 14.6. The summed E-state index contributed by atoms with van der Waals surface area (Å²) >= 11 is 0. The maximum absolute atomic E-state index is 10.7. The number of nitro benzene ring substituents is 1. The average Bonchev–Trinajstić information content (AvgIpc) is 2.39. The molecule has 0 spiro atoms. The van der Waals surface area contributed by atoms with E-state index in [1.165, 1.54) is 17.7 Å². The highest BCUT2D eigenvalue weighted by Crippen LogP contribution is 2.24. The van der Waals surface area contributed by atoms with E-state index in [1.54, 1.807) is 12.3 Å². The van der Waals surface area contributed by atoms with E-state index >= 15 is 0 Å². The van der Waals surface area contributed by atoms with Crippen LogP contribution < -0.4 is 0 Å². The van der Waals surface area contributed by atoms with Gasteiger partial charge in [-0.1, -0.05) is 35.9 Å². The fraction of sp³-hybridized carbons (Fsp3) is 0.133. The molecule has 0 heterocycles. The molecule has 0 aliphatic rings. The van der Waals surface area contributed by atoms with Gasteiger partial charge in [0, 0.05) is 18.3 Å². The Hall–Kier alpha value is -2.49. The summed E-state index contributed by atoms with van der Waals surface area (Å²) in [5.41, 5.74) is 3.74. The molecule has 0 aliphatic heterocycles. The molecule has 0 fully saturated rings. The standard InChI is InChI=1S/C15H14N2O2/c1-11-3-6-13(7-4-11)10-16-15-9-14(17(18)19)8-5-12(15)2/h3-10H,1-2H3. The number of hydrogen-bond donors (Lipinski definition) is 0. The molecule has 2 aromatic rings. The molecule has 0 unspecified atom stereocenters. The lowest BCUT2D eigenvalue weighted by Gasteiger charge is -2.00. The first-order valence-corrected chi connectivity index (χ1v) is 5.92. The molecule has 0 aromatic heterocycles. The van der Waals surface area contributed by atoms with Crippen molar-refractivity contribution in [2.45, 2.75) is 13.8 Å². The number of nitrogens with zero attached hydrogens (tertiary/aromatic N) is 2. The summed E-state index contributed by atoms with van der Waals surface area (Å²) in [5, 5.41) is 10.7. The van der Waals surface area contributed by atoms with Crippen LogP contribution in [-0.4, -0.2) is 11.1 Å². The van der Waals surface area contributed by atoms with Crippen molar-refractivity contribution in [2.75, 3.05) is 0 Å². The molecule has 0 amide bonds. The highest BCUT2D eigenvalue weighted by Gasteiger charge is 2.07. The fourth-order valence-corrected chi connectivity index (χ4v) is 1.65. The van der Waals surface area contributed by atoms with Crippen molar-refractivity contribution in [3.8, 4) is 0 Å². The Morgan fingerprint density at radius 2 is 1.79 bits per heavy atom. The van der Waals surface area contributed by atoms with Gasteiger partial charge in [0.1, 0.15) is 0 Å². The molecule has 0 saturated carbocycles. The topological polar surface area (TPSA) is 55.5 Å². The molecule has 2 aromatic carbocycles. The van der Waals surface area contributed by atoms with E-state index in [0.29, 0.717) is 5.69 Å². The zero-order valence-electron chi connectivity index (χ0n) is 10.8. The van der Waals surface area contributed by atoms with E-state index in [4.69, 9.17) is 0 Å². The molecule has 2 rings (SSSR count). The van der Waals surface area contributed by atoms with Crippen LogP contribution in [0.25, 0.3) is 0 Å². The summed E-state index contributed by atoms with van der Waals surface area (Å²) in [5.74, 6) is 0. The molecule has 0 aliphatic carbocycles. The molecule has 96 valence electrons. The minimum atomic E-state index is -0.412. The molecule has 4 heteroatoms. The largest absolute Gasteiger partial charge is 0.271 e. The Balaban J connectivity index is 2.29. The Bertz CT molecular complexity index is 631. The normalized spacial score (nSPS) is 10.8. The fourth-order valence-electron chi connectivity index (χ4n) is 1.65. The van der Waals surface area contributed by atoms with Crippen molar-refractivity contribution in [1.82, 2.24) is 0 Å². The smallest absolute Gasteiger partial charge is 0.258 e.